The van der Waals surface area contributed by atoms with Crippen molar-refractivity contribution < 1.29 is 9.90 Å². The molecule has 1 N–H and O–H groups in total. The Bertz CT molecular complexity index is 1040. The minimum absolute atomic E-state index is 0.00573. The molecule has 0 unspecified atom stereocenters. The number of hydrogen-bond donors (Lipinski definition) is 1. The number of nitrogens with zero attached hydrogens (tertiary/aromatic N) is 3. The Morgan fingerprint density at radius 2 is 1.79 bits per heavy atom. The van der Waals surface area contributed by atoms with E-state index in [0.29, 0.717) is 18.7 Å². The van der Waals surface area contributed by atoms with Gasteiger partial charge >= 0.3 is 0 Å². The van der Waals surface area contributed by atoms with Crippen LogP contribution in [0.1, 0.15) is 48.2 Å². The van der Waals surface area contributed by atoms with Crippen LogP contribution in [0.25, 0.3) is 10.9 Å². The van der Waals surface area contributed by atoms with Gasteiger partial charge in [-0.2, -0.15) is 5.10 Å². The molecule has 1 aliphatic carbocycles. The first-order valence-electron chi connectivity index (χ1n) is 10.6. The van der Waals surface area contributed by atoms with Crippen LogP contribution in [0.4, 0.5) is 0 Å². The van der Waals surface area contributed by atoms with E-state index in [9.17, 15) is 9.90 Å². The summed E-state index contributed by atoms with van der Waals surface area (Å²) in [4.78, 5) is 15.6. The maximum atomic E-state index is 13.6. The van der Waals surface area contributed by atoms with Crippen LogP contribution in [0, 0.1) is 5.92 Å². The molecule has 2 fully saturated rings. The van der Waals surface area contributed by atoms with Gasteiger partial charge in [0.15, 0.2) is 5.69 Å². The molecule has 1 aliphatic heterocycles. The van der Waals surface area contributed by atoms with E-state index in [1.54, 1.807) is 4.68 Å². The molecule has 2 aromatic carbocycles. The van der Waals surface area contributed by atoms with Crippen LogP contribution < -0.4 is 0 Å². The number of benzene rings is 2. The molecule has 2 heterocycles. The molecule has 1 saturated heterocycles. The maximum Gasteiger partial charge on any atom is 0.275 e. The first kappa shape index (κ1) is 18.4. The monoisotopic (exact) mass is 389 g/mol. The van der Waals surface area contributed by atoms with Gasteiger partial charge in [-0.1, -0.05) is 61.4 Å². The van der Waals surface area contributed by atoms with E-state index in [1.165, 1.54) is 0 Å². The molecule has 3 atom stereocenters. The van der Waals surface area contributed by atoms with Crippen molar-refractivity contribution in [2.45, 2.75) is 43.7 Å². The second kappa shape index (κ2) is 6.99. The molecule has 2 aliphatic rings. The number of amides is 1. The van der Waals surface area contributed by atoms with Crippen LogP contribution in [0.3, 0.4) is 0 Å². The summed E-state index contributed by atoms with van der Waals surface area (Å²) >= 11 is 0. The van der Waals surface area contributed by atoms with Gasteiger partial charge in [0.05, 0.1) is 11.1 Å². The fraction of sp³-hybridized carbons (Fsp3) is 0.417. The van der Waals surface area contributed by atoms with Gasteiger partial charge in [0.1, 0.15) is 0 Å². The highest BCUT2D eigenvalue weighted by Crippen LogP contribution is 2.47. The predicted molar refractivity (Wildman–Crippen MR) is 112 cm³/mol. The molecule has 150 valence electrons. The number of para-hydroxylation sites is 1. The van der Waals surface area contributed by atoms with E-state index in [1.807, 2.05) is 66.5 Å². The van der Waals surface area contributed by atoms with Crippen LogP contribution in [0.15, 0.2) is 54.6 Å². The summed E-state index contributed by atoms with van der Waals surface area (Å²) in [6.45, 7) is 0.552. The van der Waals surface area contributed by atoms with Crippen LogP contribution in [-0.4, -0.2) is 38.3 Å². The summed E-state index contributed by atoms with van der Waals surface area (Å²) in [6.07, 6.45) is 4.65. The zero-order valence-corrected chi connectivity index (χ0v) is 16.8. The van der Waals surface area contributed by atoms with Crippen molar-refractivity contribution >= 4 is 16.8 Å². The SMILES string of the molecule is Cn1nc(C(=O)N2CC[C@](O)(c3ccccc3)[C@H]3CCCC[C@H]32)c2ccccc21. The largest absolute Gasteiger partial charge is 0.385 e. The first-order chi connectivity index (χ1) is 14.1. The summed E-state index contributed by atoms with van der Waals surface area (Å²) in [5.74, 6) is 0.0557. The predicted octanol–water partition coefficient (Wildman–Crippen LogP) is 3.87. The third kappa shape index (κ3) is 2.87. The van der Waals surface area contributed by atoms with Crippen molar-refractivity contribution in [3.8, 4) is 0 Å². The first-order valence-corrected chi connectivity index (χ1v) is 10.6. The average molecular weight is 389 g/mol. The smallest absolute Gasteiger partial charge is 0.275 e. The Balaban J connectivity index is 1.51. The number of carbonyl (C=O) groups excluding carboxylic acids is 1. The van der Waals surface area contributed by atoms with Crippen molar-refractivity contribution in [2.24, 2.45) is 13.0 Å². The van der Waals surface area contributed by atoms with Crippen LogP contribution in [0.2, 0.25) is 0 Å². The molecular weight excluding hydrogens is 362 g/mol. The highest BCUT2D eigenvalue weighted by molar-refractivity contribution is 6.05. The highest BCUT2D eigenvalue weighted by atomic mass is 16.3. The molecule has 3 aromatic rings. The molecule has 5 nitrogen and oxygen atoms in total. The molecular formula is C24H27N3O2. The van der Waals surface area contributed by atoms with E-state index in [2.05, 4.69) is 5.10 Å². The topological polar surface area (TPSA) is 58.4 Å². The lowest BCUT2D eigenvalue weighted by atomic mass is 9.66. The van der Waals surface area contributed by atoms with Crippen LogP contribution in [-0.2, 0) is 12.6 Å². The number of aryl methyl sites for hydroxylation is 1. The van der Waals surface area contributed by atoms with Crippen LogP contribution in [0.5, 0.6) is 0 Å². The summed E-state index contributed by atoms with van der Waals surface area (Å²) in [7, 11) is 1.88. The Hall–Kier alpha value is -2.66. The van der Waals surface area contributed by atoms with E-state index < -0.39 is 5.60 Å². The number of aliphatic hydroxyl groups is 1. The number of piperidine rings is 1. The van der Waals surface area contributed by atoms with Crippen molar-refractivity contribution in [1.82, 2.24) is 14.7 Å². The number of fused-ring (bicyclic) bond motifs is 2. The normalized spacial score (nSPS) is 27.0. The summed E-state index contributed by atoms with van der Waals surface area (Å²) in [6, 6.07) is 17.9. The fourth-order valence-corrected chi connectivity index (χ4v) is 5.53. The fourth-order valence-electron chi connectivity index (χ4n) is 5.53. The maximum absolute atomic E-state index is 13.6. The van der Waals surface area contributed by atoms with Gasteiger partial charge in [-0.3, -0.25) is 9.48 Å². The summed E-state index contributed by atoms with van der Waals surface area (Å²) in [5.41, 5.74) is 1.61. The lowest BCUT2D eigenvalue weighted by molar-refractivity contribution is -0.110. The number of aromatic nitrogens is 2. The van der Waals surface area contributed by atoms with Gasteiger partial charge in [-0.25, -0.2) is 0 Å². The van der Waals surface area contributed by atoms with Crippen LogP contribution >= 0.6 is 0 Å². The molecule has 0 bridgehead atoms. The van der Waals surface area contributed by atoms with E-state index >= 15 is 0 Å². The van der Waals surface area contributed by atoms with Crippen molar-refractivity contribution in [3.63, 3.8) is 0 Å². The van der Waals surface area contributed by atoms with Gasteiger partial charge in [0.2, 0.25) is 0 Å². The Morgan fingerprint density at radius 3 is 2.62 bits per heavy atom. The van der Waals surface area contributed by atoms with Gasteiger partial charge in [0, 0.05) is 30.9 Å². The molecule has 0 spiro atoms. The van der Waals surface area contributed by atoms with Crippen molar-refractivity contribution in [2.75, 3.05) is 6.54 Å². The number of likely N-dealkylation sites (tertiary alicyclic amines) is 1. The zero-order chi connectivity index (χ0) is 20.0. The Morgan fingerprint density at radius 1 is 1.07 bits per heavy atom. The summed E-state index contributed by atoms with van der Waals surface area (Å²) in [5, 5.41) is 17.2. The van der Waals surface area contributed by atoms with Gasteiger partial charge in [0.25, 0.3) is 5.91 Å². The van der Waals surface area contributed by atoms with Gasteiger partial charge in [-0.15, -0.1) is 0 Å². The molecule has 29 heavy (non-hydrogen) atoms. The van der Waals surface area contributed by atoms with E-state index in [4.69, 9.17) is 0 Å². The van der Waals surface area contributed by atoms with Crippen molar-refractivity contribution in [1.29, 1.82) is 0 Å². The molecule has 5 heteroatoms. The lowest BCUT2D eigenvalue weighted by Crippen LogP contribution is -2.59. The quantitative estimate of drug-likeness (QED) is 0.724. The summed E-state index contributed by atoms with van der Waals surface area (Å²) < 4.78 is 1.78. The lowest BCUT2D eigenvalue weighted by Gasteiger charge is -2.52. The Labute approximate surface area is 170 Å². The number of hydrogen-bond acceptors (Lipinski definition) is 3. The van der Waals surface area contributed by atoms with Crippen molar-refractivity contribution in [3.05, 3.63) is 65.9 Å². The number of rotatable bonds is 2. The third-order valence-corrected chi connectivity index (χ3v) is 6.97. The molecule has 1 saturated carbocycles. The zero-order valence-electron chi connectivity index (χ0n) is 16.8. The Kier molecular flexibility index (Phi) is 4.43. The van der Waals surface area contributed by atoms with Gasteiger partial charge in [-0.05, 0) is 30.9 Å². The minimum Gasteiger partial charge on any atom is -0.385 e. The highest BCUT2D eigenvalue weighted by Gasteiger charge is 2.50. The third-order valence-electron chi connectivity index (χ3n) is 6.97. The molecule has 1 aromatic heterocycles. The molecule has 1 amide bonds. The average Bonchev–Trinajstić information content (AvgIpc) is 3.11. The minimum atomic E-state index is -0.866. The molecule has 0 radical (unpaired) electrons. The van der Waals surface area contributed by atoms with E-state index in [0.717, 1.165) is 42.1 Å². The second-order valence-electron chi connectivity index (χ2n) is 8.49. The van der Waals surface area contributed by atoms with E-state index in [-0.39, 0.29) is 17.9 Å². The van der Waals surface area contributed by atoms with Gasteiger partial charge < -0.3 is 10.0 Å². The second-order valence-corrected chi connectivity index (χ2v) is 8.49. The standard InChI is InChI=1S/C24H27N3O2/c1-26-20-13-7-5-11-18(20)22(25-26)23(28)27-16-15-24(29,17-9-3-2-4-10-17)19-12-6-8-14-21(19)27/h2-5,7,9-11,13,19,21,29H,6,8,12,14-16H2,1H3/t19-,21+,24-/m0/s1. The number of carbonyl (C=O) groups is 1. The molecule has 5 rings (SSSR count).